The number of hydrogen-bond donors (Lipinski definition) is 5. The largest absolute Gasteiger partial charge is 0.479 e. The fraction of sp³-hybridized carbons (Fsp3) is 0.579. The van der Waals surface area contributed by atoms with Gasteiger partial charge in [-0.15, -0.1) is 0 Å². The molecule has 2 aromatic heterocycles. The predicted molar refractivity (Wildman–Crippen MR) is 105 cm³/mol. The number of unbranched alkanes of at least 4 members (excludes halogenated alkanes) is 4. The Labute approximate surface area is 172 Å². The van der Waals surface area contributed by atoms with Crippen LogP contribution in [0.15, 0.2) is 6.33 Å². The van der Waals surface area contributed by atoms with E-state index in [0.717, 1.165) is 25.7 Å². The van der Waals surface area contributed by atoms with Crippen LogP contribution in [0.1, 0.15) is 51.1 Å². The number of aliphatic carboxylic acids is 1. The van der Waals surface area contributed by atoms with Crippen molar-refractivity contribution in [3.63, 3.8) is 0 Å². The summed E-state index contributed by atoms with van der Waals surface area (Å²) in [6, 6.07) is 0. The molecule has 0 bridgehead atoms. The number of carbonyl (C=O) groups is 1. The average molecular weight is 419 g/mol. The number of nitrogens with zero attached hydrogens (tertiary/aromatic N) is 4. The van der Waals surface area contributed by atoms with E-state index in [9.17, 15) is 25.2 Å². The highest BCUT2D eigenvalue weighted by molar-refractivity contribution is 5.82. The highest BCUT2D eigenvalue weighted by Crippen LogP contribution is 2.38. The van der Waals surface area contributed by atoms with Crippen molar-refractivity contribution >= 4 is 23.0 Å². The number of anilines is 1. The van der Waals surface area contributed by atoms with Crippen LogP contribution in [0.3, 0.4) is 0 Å². The van der Waals surface area contributed by atoms with E-state index in [1.54, 1.807) is 0 Å². The van der Waals surface area contributed by atoms with E-state index in [2.05, 4.69) is 33.7 Å². The van der Waals surface area contributed by atoms with Crippen LogP contribution in [0.25, 0.3) is 11.2 Å². The fourth-order valence-corrected chi connectivity index (χ4v) is 3.35. The lowest BCUT2D eigenvalue weighted by atomic mass is 9.96. The molecule has 11 heteroatoms. The lowest BCUT2D eigenvalue weighted by Gasteiger charge is -2.24. The third-order valence-corrected chi connectivity index (χ3v) is 5.10. The van der Waals surface area contributed by atoms with Gasteiger partial charge in [0.15, 0.2) is 17.7 Å². The van der Waals surface area contributed by atoms with Gasteiger partial charge in [-0.05, 0) is 12.3 Å². The predicted octanol–water partition coefficient (Wildman–Crippen LogP) is -0.203. The lowest BCUT2D eigenvalue weighted by Crippen LogP contribution is -2.52. The molecule has 1 aliphatic rings. The summed E-state index contributed by atoms with van der Waals surface area (Å²) in [5, 5.41) is 39.5. The standard InChI is InChI=1S/C19H25N5O6/c1-2-3-4-5-6-7-8-11-22-15(20)12-16(23-11)24(10-21-12)17-13(26)14(27)19(9-25,30-17)18(28)29/h10,13-14,17,25-27H,2-6,9H2,1H3,(H,28,29)(H2,20,22,23)/t13-,14+,17-,19-/m1/s1. The molecular formula is C19H25N5O6. The zero-order chi connectivity index (χ0) is 21.9. The minimum absolute atomic E-state index is 0.0636. The van der Waals surface area contributed by atoms with Crippen LogP contribution >= 0.6 is 0 Å². The number of rotatable bonds is 7. The van der Waals surface area contributed by atoms with Crippen LogP contribution < -0.4 is 5.73 Å². The minimum Gasteiger partial charge on any atom is -0.479 e. The topological polar surface area (TPSA) is 177 Å². The Kier molecular flexibility index (Phi) is 6.52. The van der Waals surface area contributed by atoms with E-state index >= 15 is 0 Å². The van der Waals surface area contributed by atoms with E-state index in [0.29, 0.717) is 6.42 Å². The summed E-state index contributed by atoms with van der Waals surface area (Å²) >= 11 is 0. The molecule has 3 rings (SSSR count). The maximum absolute atomic E-state index is 11.6. The van der Waals surface area contributed by atoms with E-state index in [1.165, 1.54) is 10.9 Å². The molecule has 30 heavy (non-hydrogen) atoms. The van der Waals surface area contributed by atoms with Crippen molar-refractivity contribution in [3.05, 3.63) is 12.2 Å². The van der Waals surface area contributed by atoms with Crippen LogP contribution in [0, 0.1) is 11.8 Å². The van der Waals surface area contributed by atoms with Gasteiger partial charge in [-0.3, -0.25) is 4.57 Å². The highest BCUT2D eigenvalue weighted by Gasteiger charge is 2.60. The molecular weight excluding hydrogens is 394 g/mol. The number of carboxylic acid groups (broad SMARTS) is 1. The van der Waals surface area contributed by atoms with Gasteiger partial charge < -0.3 is 30.9 Å². The summed E-state index contributed by atoms with van der Waals surface area (Å²) in [4.78, 5) is 24.1. The molecule has 4 atom stereocenters. The van der Waals surface area contributed by atoms with E-state index in [4.69, 9.17) is 10.5 Å². The molecule has 0 radical (unpaired) electrons. The van der Waals surface area contributed by atoms with Crippen molar-refractivity contribution in [2.24, 2.45) is 0 Å². The second-order valence-electron chi connectivity index (χ2n) is 7.17. The molecule has 0 aliphatic carbocycles. The van der Waals surface area contributed by atoms with Crippen LogP contribution in [0.2, 0.25) is 0 Å². The van der Waals surface area contributed by atoms with Crippen molar-refractivity contribution < 1.29 is 30.0 Å². The third kappa shape index (κ3) is 3.82. The SMILES string of the molecule is CCCCCCC#Cc1nc(N)c2ncn([C@@H]3O[C@@](CO)(C(=O)O)[C@@H](O)[C@H]3O)c2n1. The summed E-state index contributed by atoms with van der Waals surface area (Å²) < 4.78 is 6.63. The van der Waals surface area contributed by atoms with E-state index < -0.39 is 36.6 Å². The molecule has 0 spiro atoms. The van der Waals surface area contributed by atoms with Crippen LogP contribution in [-0.2, 0) is 9.53 Å². The summed E-state index contributed by atoms with van der Waals surface area (Å²) in [6.07, 6.45) is 1.39. The quantitative estimate of drug-likeness (QED) is 0.298. The molecule has 0 amide bonds. The number of hydrogen-bond acceptors (Lipinski definition) is 9. The maximum Gasteiger partial charge on any atom is 0.341 e. The molecule has 3 heterocycles. The Hall–Kier alpha value is -2.78. The van der Waals surface area contributed by atoms with Crippen LogP contribution in [-0.4, -0.2) is 70.3 Å². The van der Waals surface area contributed by atoms with Gasteiger partial charge in [0, 0.05) is 6.42 Å². The van der Waals surface area contributed by atoms with Gasteiger partial charge in [0.2, 0.25) is 11.4 Å². The number of nitrogen functional groups attached to an aromatic ring is 1. The van der Waals surface area contributed by atoms with E-state index in [-0.39, 0.29) is 22.8 Å². The number of imidazole rings is 1. The summed E-state index contributed by atoms with van der Waals surface area (Å²) in [7, 11) is 0. The van der Waals surface area contributed by atoms with Crippen LogP contribution in [0.4, 0.5) is 5.82 Å². The molecule has 1 saturated heterocycles. The molecule has 0 saturated carbocycles. The Morgan fingerprint density at radius 1 is 1.33 bits per heavy atom. The summed E-state index contributed by atoms with van der Waals surface area (Å²) in [6.45, 7) is 1.10. The first-order valence-corrected chi connectivity index (χ1v) is 9.72. The van der Waals surface area contributed by atoms with Crippen molar-refractivity contribution in [1.82, 2.24) is 19.5 Å². The second-order valence-corrected chi connectivity index (χ2v) is 7.17. The van der Waals surface area contributed by atoms with E-state index in [1.807, 2.05) is 0 Å². The number of aromatic nitrogens is 4. The average Bonchev–Trinajstić information content (AvgIpc) is 3.25. The van der Waals surface area contributed by atoms with Crippen LogP contribution in [0.5, 0.6) is 0 Å². The normalized spacial score (nSPS) is 25.9. The number of nitrogens with two attached hydrogens (primary N) is 1. The fourth-order valence-electron chi connectivity index (χ4n) is 3.35. The van der Waals surface area contributed by atoms with Gasteiger partial charge in [0.25, 0.3) is 0 Å². The zero-order valence-corrected chi connectivity index (χ0v) is 16.5. The molecule has 2 aromatic rings. The Morgan fingerprint density at radius 2 is 2.10 bits per heavy atom. The van der Waals surface area contributed by atoms with Gasteiger partial charge in [-0.1, -0.05) is 32.1 Å². The van der Waals surface area contributed by atoms with Crippen molar-refractivity contribution in [2.75, 3.05) is 12.3 Å². The molecule has 162 valence electrons. The number of aliphatic hydroxyl groups excluding tert-OH is 3. The summed E-state index contributed by atoms with van der Waals surface area (Å²) in [5.41, 5.74) is 3.95. The number of carboxylic acids is 1. The van der Waals surface area contributed by atoms with Gasteiger partial charge in [0.1, 0.15) is 17.7 Å². The minimum atomic E-state index is -2.37. The third-order valence-electron chi connectivity index (χ3n) is 5.10. The van der Waals surface area contributed by atoms with Gasteiger partial charge in [0.05, 0.1) is 12.9 Å². The highest BCUT2D eigenvalue weighted by atomic mass is 16.6. The maximum atomic E-state index is 11.6. The molecule has 11 nitrogen and oxygen atoms in total. The first-order valence-electron chi connectivity index (χ1n) is 9.72. The molecule has 0 aromatic carbocycles. The lowest BCUT2D eigenvalue weighted by molar-refractivity contribution is -0.183. The van der Waals surface area contributed by atoms with Crippen molar-refractivity contribution in [1.29, 1.82) is 0 Å². The second kappa shape index (κ2) is 8.93. The Balaban J connectivity index is 1.91. The van der Waals surface area contributed by atoms with Gasteiger partial charge in [-0.2, -0.15) is 0 Å². The smallest absolute Gasteiger partial charge is 0.341 e. The summed E-state index contributed by atoms with van der Waals surface area (Å²) in [5.74, 6) is 4.45. The van der Waals surface area contributed by atoms with Crippen molar-refractivity contribution in [3.8, 4) is 11.8 Å². The first kappa shape index (κ1) is 21.9. The Bertz CT molecular complexity index is 983. The number of ether oxygens (including phenoxy) is 1. The number of aliphatic hydroxyl groups is 3. The van der Waals surface area contributed by atoms with Gasteiger partial charge >= 0.3 is 5.97 Å². The molecule has 0 unspecified atom stereocenters. The Morgan fingerprint density at radius 3 is 2.73 bits per heavy atom. The number of fused-ring (bicyclic) bond motifs is 1. The molecule has 1 fully saturated rings. The molecule has 1 aliphatic heterocycles. The monoisotopic (exact) mass is 419 g/mol. The first-order chi connectivity index (χ1) is 14.4. The van der Waals surface area contributed by atoms with Crippen molar-refractivity contribution in [2.45, 2.75) is 63.1 Å². The zero-order valence-electron chi connectivity index (χ0n) is 16.5. The van der Waals surface area contributed by atoms with Gasteiger partial charge in [-0.25, -0.2) is 19.7 Å². The molecule has 6 N–H and O–H groups in total.